The molecule has 0 radical (unpaired) electrons. The molecule has 0 fully saturated rings. The van der Waals surface area contributed by atoms with Crippen LogP contribution in [-0.4, -0.2) is 39.7 Å². The van der Waals surface area contributed by atoms with Gasteiger partial charge in [0.1, 0.15) is 23.2 Å². The lowest BCUT2D eigenvalue weighted by Crippen LogP contribution is -2.51. The van der Waals surface area contributed by atoms with E-state index in [0.29, 0.717) is 17.9 Å². The Labute approximate surface area is 173 Å². The first kappa shape index (κ1) is 21.9. The molecule has 4 N–H and O–H groups in total. The van der Waals surface area contributed by atoms with E-state index in [0.717, 1.165) is 18.4 Å². The number of benzene rings is 2. The molecule has 3 aromatic rings. The normalized spacial score (nSPS) is 14.4. The third-order valence-electron chi connectivity index (χ3n) is 4.94. The molecule has 1 aromatic heterocycles. The third-order valence-corrected chi connectivity index (χ3v) is 4.94. The number of fused-ring (bicyclic) bond motifs is 1. The van der Waals surface area contributed by atoms with E-state index >= 15 is 0 Å². The zero-order valence-corrected chi connectivity index (χ0v) is 17.0. The second-order valence-corrected chi connectivity index (χ2v) is 7.39. The molecule has 8 heteroatoms. The fourth-order valence-corrected chi connectivity index (χ4v) is 3.28. The molecule has 3 rings (SSSR count). The highest BCUT2D eigenvalue weighted by molar-refractivity contribution is 5.83. The van der Waals surface area contributed by atoms with E-state index < -0.39 is 24.0 Å². The summed E-state index contributed by atoms with van der Waals surface area (Å²) in [6.07, 6.45) is 0.541. The van der Waals surface area contributed by atoms with Crippen molar-refractivity contribution in [3.8, 4) is 0 Å². The zero-order valence-electron chi connectivity index (χ0n) is 17.0. The van der Waals surface area contributed by atoms with Crippen molar-refractivity contribution >= 4 is 16.9 Å². The van der Waals surface area contributed by atoms with E-state index in [1.807, 2.05) is 0 Å². The average Bonchev–Trinajstić information content (AvgIpc) is 3.15. The van der Waals surface area contributed by atoms with Crippen LogP contribution in [-0.2, 0) is 11.2 Å². The number of nitrogens with one attached hydrogen (secondary N) is 3. The maximum Gasteiger partial charge on any atom is 0.240 e. The van der Waals surface area contributed by atoms with E-state index in [9.17, 15) is 18.7 Å². The van der Waals surface area contributed by atoms with Crippen molar-refractivity contribution in [1.29, 1.82) is 0 Å². The number of carbonyl (C=O) groups excluding carboxylic acids is 1. The molecule has 0 aliphatic rings. The molecule has 0 unspecified atom stereocenters. The Bertz CT molecular complexity index is 988. The predicted molar refractivity (Wildman–Crippen MR) is 111 cm³/mol. The number of halogens is 2. The van der Waals surface area contributed by atoms with Gasteiger partial charge in [-0.25, -0.2) is 13.8 Å². The molecule has 6 nitrogen and oxygen atoms in total. The van der Waals surface area contributed by atoms with Crippen molar-refractivity contribution in [2.24, 2.45) is 0 Å². The van der Waals surface area contributed by atoms with Crippen molar-refractivity contribution in [3.05, 3.63) is 65.5 Å². The largest absolute Gasteiger partial charge is 0.391 e. The van der Waals surface area contributed by atoms with E-state index in [-0.39, 0.29) is 17.2 Å². The van der Waals surface area contributed by atoms with Crippen LogP contribution in [0.1, 0.15) is 37.7 Å². The lowest BCUT2D eigenvalue weighted by atomic mass is 10.1. The van der Waals surface area contributed by atoms with Gasteiger partial charge < -0.3 is 20.7 Å². The molecule has 160 valence electrons. The molecule has 30 heavy (non-hydrogen) atoms. The Hall–Kier alpha value is -2.84. The summed E-state index contributed by atoms with van der Waals surface area (Å²) in [7, 11) is 0. The van der Waals surface area contributed by atoms with Gasteiger partial charge in [0.25, 0.3) is 0 Å². The van der Waals surface area contributed by atoms with Crippen LogP contribution in [0.2, 0.25) is 0 Å². The number of aryl methyl sites for hydroxylation is 1. The van der Waals surface area contributed by atoms with Crippen LogP contribution >= 0.6 is 0 Å². The van der Waals surface area contributed by atoms with E-state index in [4.69, 9.17) is 0 Å². The van der Waals surface area contributed by atoms with Crippen molar-refractivity contribution in [2.75, 3.05) is 6.54 Å². The minimum Gasteiger partial charge on any atom is -0.391 e. The SMILES string of the molecule is C[C@H](NC(=O)[C@@H](NCCCc1ccc(F)cc1)[C@@H](C)O)c1nc2c(F)cccc2[nH]1. The van der Waals surface area contributed by atoms with Gasteiger partial charge >= 0.3 is 0 Å². The monoisotopic (exact) mass is 416 g/mol. The number of nitrogens with zero attached hydrogens (tertiary/aromatic N) is 1. The summed E-state index contributed by atoms with van der Waals surface area (Å²) >= 11 is 0. The number of H-pyrrole nitrogens is 1. The van der Waals surface area contributed by atoms with Gasteiger partial charge in [-0.1, -0.05) is 18.2 Å². The first-order valence-corrected chi connectivity index (χ1v) is 9.95. The number of para-hydroxylation sites is 1. The summed E-state index contributed by atoms with van der Waals surface area (Å²) in [4.78, 5) is 19.9. The molecule has 3 atom stereocenters. The third kappa shape index (κ3) is 5.40. The molecule has 0 saturated carbocycles. The highest BCUT2D eigenvalue weighted by Gasteiger charge is 2.25. The van der Waals surface area contributed by atoms with Crippen LogP contribution in [0.15, 0.2) is 42.5 Å². The van der Waals surface area contributed by atoms with Crippen LogP contribution in [0, 0.1) is 11.6 Å². The summed E-state index contributed by atoms with van der Waals surface area (Å²) in [5.74, 6) is -0.647. The lowest BCUT2D eigenvalue weighted by Gasteiger charge is -2.22. The molecule has 2 aromatic carbocycles. The molecule has 0 saturated heterocycles. The Balaban J connectivity index is 1.54. The van der Waals surface area contributed by atoms with Crippen molar-refractivity contribution in [1.82, 2.24) is 20.6 Å². The van der Waals surface area contributed by atoms with Gasteiger partial charge in [0, 0.05) is 0 Å². The molecule has 1 amide bonds. The lowest BCUT2D eigenvalue weighted by molar-refractivity contribution is -0.126. The minimum atomic E-state index is -0.906. The highest BCUT2D eigenvalue weighted by Crippen LogP contribution is 2.18. The van der Waals surface area contributed by atoms with Gasteiger partial charge in [-0.15, -0.1) is 0 Å². The smallest absolute Gasteiger partial charge is 0.240 e. The number of aliphatic hydroxyl groups is 1. The summed E-state index contributed by atoms with van der Waals surface area (Å²) in [5, 5.41) is 15.9. The van der Waals surface area contributed by atoms with Crippen molar-refractivity contribution < 1.29 is 18.7 Å². The first-order valence-electron chi connectivity index (χ1n) is 9.95. The number of aromatic amines is 1. The van der Waals surface area contributed by atoms with Crippen LogP contribution in [0.25, 0.3) is 11.0 Å². The zero-order chi connectivity index (χ0) is 21.7. The number of imidazole rings is 1. The summed E-state index contributed by atoms with van der Waals surface area (Å²) in [6, 6.07) is 9.62. The number of rotatable bonds is 9. The molecule has 0 bridgehead atoms. The second kappa shape index (κ2) is 9.77. The molecule has 1 heterocycles. The Morgan fingerprint density at radius 1 is 1.17 bits per heavy atom. The maximum atomic E-state index is 13.8. The summed E-state index contributed by atoms with van der Waals surface area (Å²) < 4.78 is 26.8. The fraction of sp³-hybridized carbons (Fsp3) is 0.364. The Morgan fingerprint density at radius 2 is 1.90 bits per heavy atom. The van der Waals surface area contributed by atoms with Crippen LogP contribution < -0.4 is 10.6 Å². The van der Waals surface area contributed by atoms with Gasteiger partial charge in [0.2, 0.25) is 5.91 Å². The van der Waals surface area contributed by atoms with Crippen LogP contribution in [0.3, 0.4) is 0 Å². The number of aromatic nitrogens is 2. The average molecular weight is 416 g/mol. The topological polar surface area (TPSA) is 90.0 Å². The second-order valence-electron chi connectivity index (χ2n) is 7.39. The molecule has 0 aliphatic heterocycles. The number of hydrogen-bond donors (Lipinski definition) is 4. The number of hydrogen-bond acceptors (Lipinski definition) is 4. The number of carbonyl (C=O) groups is 1. The molecular weight excluding hydrogens is 390 g/mol. The maximum absolute atomic E-state index is 13.8. The van der Waals surface area contributed by atoms with Crippen molar-refractivity contribution in [3.63, 3.8) is 0 Å². The number of amides is 1. The van der Waals surface area contributed by atoms with Crippen LogP contribution in [0.4, 0.5) is 8.78 Å². The highest BCUT2D eigenvalue weighted by atomic mass is 19.1. The van der Waals surface area contributed by atoms with E-state index in [1.165, 1.54) is 18.2 Å². The standard InChI is InChI=1S/C22H26F2N4O2/c1-13(21-27-18-7-3-6-17(24)20(18)28-21)26-22(30)19(14(2)29)25-12-4-5-15-8-10-16(23)11-9-15/h3,6-11,13-14,19,25,29H,4-5,12H2,1-2H3,(H,26,30)(H,27,28)/t13-,14+,19-/m0/s1. The van der Waals surface area contributed by atoms with Gasteiger partial charge in [-0.3, -0.25) is 4.79 Å². The van der Waals surface area contributed by atoms with Crippen LogP contribution in [0.5, 0.6) is 0 Å². The van der Waals surface area contributed by atoms with E-state index in [2.05, 4.69) is 20.6 Å². The van der Waals surface area contributed by atoms with Gasteiger partial charge in [-0.2, -0.15) is 0 Å². The van der Waals surface area contributed by atoms with Crippen molar-refractivity contribution in [2.45, 2.75) is 44.9 Å². The Morgan fingerprint density at radius 3 is 2.57 bits per heavy atom. The minimum absolute atomic E-state index is 0.222. The first-order chi connectivity index (χ1) is 14.3. The molecular formula is C22H26F2N4O2. The summed E-state index contributed by atoms with van der Waals surface area (Å²) in [6.45, 7) is 3.78. The number of aliphatic hydroxyl groups excluding tert-OH is 1. The van der Waals surface area contributed by atoms with Gasteiger partial charge in [0.15, 0.2) is 5.82 Å². The molecule has 0 spiro atoms. The van der Waals surface area contributed by atoms with Gasteiger partial charge in [-0.05, 0) is 63.1 Å². The molecule has 0 aliphatic carbocycles. The predicted octanol–water partition coefficient (Wildman–Crippen LogP) is 2.99. The van der Waals surface area contributed by atoms with E-state index in [1.54, 1.807) is 38.1 Å². The fourth-order valence-electron chi connectivity index (χ4n) is 3.28. The quantitative estimate of drug-likeness (QED) is 0.404. The van der Waals surface area contributed by atoms with Gasteiger partial charge in [0.05, 0.1) is 17.7 Å². The summed E-state index contributed by atoms with van der Waals surface area (Å²) in [5.41, 5.74) is 1.78. The Kier molecular flexibility index (Phi) is 7.12.